The molecule has 0 spiro atoms. The molecule has 1 aliphatic heterocycles. The van der Waals surface area contributed by atoms with Gasteiger partial charge in [-0.25, -0.2) is 9.97 Å². The molecular weight excluding hydrogens is 341 g/mol. The summed E-state index contributed by atoms with van der Waals surface area (Å²) in [6, 6.07) is 2.01. The molecule has 18 heavy (non-hydrogen) atoms. The van der Waals surface area contributed by atoms with E-state index in [2.05, 4.69) is 51.3 Å². The van der Waals surface area contributed by atoms with Crippen molar-refractivity contribution in [3.05, 3.63) is 15.6 Å². The molecule has 2 heterocycles. The maximum Gasteiger partial charge on any atom is 0.133 e. The number of halogens is 1. The Bertz CT molecular complexity index is 420. The fourth-order valence-corrected chi connectivity index (χ4v) is 3.21. The van der Waals surface area contributed by atoms with Crippen molar-refractivity contribution in [2.24, 2.45) is 5.92 Å². The lowest BCUT2D eigenvalue weighted by atomic mass is 9.80. The minimum atomic E-state index is -0.508. The van der Waals surface area contributed by atoms with Crippen molar-refractivity contribution in [1.29, 1.82) is 0 Å². The zero-order chi connectivity index (χ0) is 13.3. The molecule has 1 N–H and O–H groups in total. The molecule has 2 rings (SSSR count). The number of hydrogen-bond acceptors (Lipinski definition) is 4. The lowest BCUT2D eigenvalue weighted by Crippen LogP contribution is -2.50. The van der Waals surface area contributed by atoms with Gasteiger partial charge >= 0.3 is 0 Å². The number of rotatable bonds is 2. The van der Waals surface area contributed by atoms with Gasteiger partial charge in [-0.1, -0.05) is 13.8 Å². The summed E-state index contributed by atoms with van der Waals surface area (Å²) in [5, 5.41) is 10.5. The second kappa shape index (κ2) is 5.28. The molecule has 1 aromatic heterocycles. The van der Waals surface area contributed by atoms with Gasteiger partial charge in [0.25, 0.3) is 0 Å². The van der Waals surface area contributed by atoms with Crippen molar-refractivity contribution in [3.8, 4) is 0 Å². The average molecular weight is 361 g/mol. The Labute approximate surface area is 122 Å². The molecule has 1 fully saturated rings. The van der Waals surface area contributed by atoms with E-state index in [0.717, 1.165) is 41.3 Å². The van der Waals surface area contributed by atoms with E-state index in [1.807, 2.05) is 13.0 Å². The van der Waals surface area contributed by atoms with Crippen LogP contribution in [0.4, 0.5) is 5.82 Å². The third-order valence-electron chi connectivity index (χ3n) is 3.96. The van der Waals surface area contributed by atoms with Crippen LogP contribution in [0, 0.1) is 16.5 Å². The zero-order valence-electron chi connectivity index (χ0n) is 11.1. The van der Waals surface area contributed by atoms with E-state index >= 15 is 0 Å². The molecule has 100 valence electrons. The lowest BCUT2D eigenvalue weighted by molar-refractivity contribution is -0.0303. The second-order valence-electron chi connectivity index (χ2n) is 5.15. The highest BCUT2D eigenvalue weighted by Crippen LogP contribution is 2.32. The molecule has 2 atom stereocenters. The average Bonchev–Trinajstić information content (AvgIpc) is 2.31. The first-order valence-corrected chi connectivity index (χ1v) is 7.51. The Morgan fingerprint density at radius 1 is 1.56 bits per heavy atom. The number of aryl methyl sites for hydroxylation is 1. The summed E-state index contributed by atoms with van der Waals surface area (Å²) in [6.45, 7) is 7.82. The van der Waals surface area contributed by atoms with Crippen molar-refractivity contribution >= 4 is 28.4 Å². The molecule has 1 aromatic rings. The van der Waals surface area contributed by atoms with Crippen LogP contribution in [-0.4, -0.2) is 33.8 Å². The van der Waals surface area contributed by atoms with E-state index < -0.39 is 5.60 Å². The first kappa shape index (κ1) is 14.0. The van der Waals surface area contributed by atoms with Gasteiger partial charge in [-0.2, -0.15) is 0 Å². The first-order chi connectivity index (χ1) is 8.44. The Morgan fingerprint density at radius 3 is 2.83 bits per heavy atom. The van der Waals surface area contributed by atoms with E-state index in [0.29, 0.717) is 0 Å². The van der Waals surface area contributed by atoms with E-state index in [1.54, 1.807) is 0 Å². The van der Waals surface area contributed by atoms with Crippen molar-refractivity contribution in [2.75, 3.05) is 18.0 Å². The van der Waals surface area contributed by atoms with Crippen LogP contribution in [-0.2, 0) is 0 Å². The summed E-state index contributed by atoms with van der Waals surface area (Å²) in [6.07, 6.45) is 1.63. The van der Waals surface area contributed by atoms with Crippen LogP contribution >= 0.6 is 22.6 Å². The van der Waals surface area contributed by atoms with Gasteiger partial charge < -0.3 is 10.0 Å². The third-order valence-corrected chi connectivity index (χ3v) is 4.51. The van der Waals surface area contributed by atoms with Crippen LogP contribution in [0.25, 0.3) is 0 Å². The maximum absolute atomic E-state index is 10.5. The van der Waals surface area contributed by atoms with Gasteiger partial charge in [0.05, 0.1) is 5.60 Å². The predicted octanol–water partition coefficient (Wildman–Crippen LogP) is 2.38. The third kappa shape index (κ3) is 2.77. The first-order valence-electron chi connectivity index (χ1n) is 6.43. The molecule has 0 amide bonds. The number of hydrogen-bond donors (Lipinski definition) is 1. The van der Waals surface area contributed by atoms with Gasteiger partial charge in [0.2, 0.25) is 0 Å². The van der Waals surface area contributed by atoms with Crippen molar-refractivity contribution < 1.29 is 5.11 Å². The van der Waals surface area contributed by atoms with Gasteiger partial charge in [-0.3, -0.25) is 0 Å². The minimum absolute atomic E-state index is 0.268. The molecule has 0 bridgehead atoms. The summed E-state index contributed by atoms with van der Waals surface area (Å²) < 4.78 is 0.971. The number of aromatic nitrogens is 2. The van der Waals surface area contributed by atoms with Crippen molar-refractivity contribution in [2.45, 2.75) is 39.2 Å². The van der Waals surface area contributed by atoms with E-state index in [-0.39, 0.29) is 5.92 Å². The predicted molar refractivity (Wildman–Crippen MR) is 80.7 cm³/mol. The Balaban J connectivity index is 2.17. The summed E-state index contributed by atoms with van der Waals surface area (Å²) in [4.78, 5) is 11.0. The monoisotopic (exact) mass is 361 g/mol. The van der Waals surface area contributed by atoms with Crippen LogP contribution in [0.2, 0.25) is 0 Å². The van der Waals surface area contributed by atoms with Gasteiger partial charge in [-0.15, -0.1) is 0 Å². The number of anilines is 1. The van der Waals surface area contributed by atoms with Gasteiger partial charge in [0.15, 0.2) is 0 Å². The molecule has 0 radical (unpaired) electrons. The van der Waals surface area contributed by atoms with Crippen LogP contribution in [0.5, 0.6) is 0 Å². The van der Waals surface area contributed by atoms with Crippen LogP contribution in [0.1, 0.15) is 32.5 Å². The zero-order valence-corrected chi connectivity index (χ0v) is 13.3. The molecule has 0 aliphatic carbocycles. The van der Waals surface area contributed by atoms with Crippen LogP contribution in [0.3, 0.4) is 0 Å². The molecule has 1 saturated heterocycles. The highest BCUT2D eigenvalue weighted by atomic mass is 127. The molecule has 0 aromatic carbocycles. The number of aliphatic hydroxyl groups is 1. The molecule has 1 unspecified atom stereocenters. The second-order valence-corrected chi connectivity index (χ2v) is 6.26. The fourth-order valence-electron chi connectivity index (χ4n) is 2.58. The maximum atomic E-state index is 10.5. The highest BCUT2D eigenvalue weighted by Gasteiger charge is 2.37. The largest absolute Gasteiger partial charge is 0.389 e. The van der Waals surface area contributed by atoms with Crippen molar-refractivity contribution in [3.63, 3.8) is 0 Å². The SMILES string of the molecule is CC[C@]1(O)CCN(c2cc(I)nc(C)n2)CC1C. The van der Waals surface area contributed by atoms with Gasteiger partial charge in [0.1, 0.15) is 15.3 Å². The molecule has 5 heteroatoms. The standard InChI is InChI=1S/C13H20IN3O/c1-4-13(18)5-6-17(8-9(13)2)12-7-11(14)15-10(3)16-12/h7,9,18H,4-6,8H2,1-3H3/t9?,13-/m0/s1. The quantitative estimate of drug-likeness (QED) is 0.649. The Hall–Kier alpha value is -0.430. The van der Waals surface area contributed by atoms with E-state index in [4.69, 9.17) is 0 Å². The molecule has 4 nitrogen and oxygen atoms in total. The Kier molecular flexibility index (Phi) is 4.11. The molecule has 1 aliphatic rings. The lowest BCUT2D eigenvalue weighted by Gasteiger charge is -2.43. The van der Waals surface area contributed by atoms with Gasteiger partial charge in [0, 0.05) is 25.1 Å². The topological polar surface area (TPSA) is 49.2 Å². The normalized spacial score (nSPS) is 28.5. The Morgan fingerprint density at radius 2 is 2.28 bits per heavy atom. The van der Waals surface area contributed by atoms with E-state index in [9.17, 15) is 5.11 Å². The van der Waals surface area contributed by atoms with Crippen LogP contribution < -0.4 is 4.90 Å². The molecular formula is C13H20IN3O. The summed E-state index contributed by atoms with van der Waals surface area (Å²) >= 11 is 2.22. The summed E-state index contributed by atoms with van der Waals surface area (Å²) in [5.74, 6) is 2.06. The highest BCUT2D eigenvalue weighted by molar-refractivity contribution is 14.1. The summed E-state index contributed by atoms with van der Waals surface area (Å²) in [7, 11) is 0. The van der Waals surface area contributed by atoms with Gasteiger partial charge in [-0.05, 0) is 42.4 Å². The smallest absolute Gasteiger partial charge is 0.133 e. The fraction of sp³-hybridized carbons (Fsp3) is 0.692. The number of piperidine rings is 1. The number of nitrogens with zero attached hydrogens (tertiary/aromatic N) is 3. The van der Waals surface area contributed by atoms with Crippen molar-refractivity contribution in [1.82, 2.24) is 9.97 Å². The van der Waals surface area contributed by atoms with E-state index in [1.165, 1.54) is 0 Å². The van der Waals surface area contributed by atoms with Crippen LogP contribution in [0.15, 0.2) is 6.07 Å². The summed E-state index contributed by atoms with van der Waals surface area (Å²) in [5.41, 5.74) is -0.508. The molecule has 0 saturated carbocycles. The minimum Gasteiger partial charge on any atom is -0.389 e.